The first kappa shape index (κ1) is 17.9. The highest BCUT2D eigenvalue weighted by molar-refractivity contribution is 6.04. The molecule has 2 aromatic carbocycles. The number of anilines is 1. The van der Waals surface area contributed by atoms with Crippen molar-refractivity contribution >= 4 is 17.5 Å². The highest BCUT2D eigenvalue weighted by Crippen LogP contribution is 2.21. The molecule has 0 saturated carbocycles. The van der Waals surface area contributed by atoms with Crippen molar-refractivity contribution in [3.63, 3.8) is 0 Å². The lowest BCUT2D eigenvalue weighted by Crippen LogP contribution is -2.32. The number of hydrogen-bond acceptors (Lipinski definition) is 3. The van der Waals surface area contributed by atoms with Gasteiger partial charge in [0.05, 0.1) is 11.3 Å². The monoisotopic (exact) mass is 356 g/mol. The van der Waals surface area contributed by atoms with E-state index in [4.69, 9.17) is 4.74 Å². The molecule has 26 heavy (non-hydrogen) atoms. The minimum absolute atomic E-state index is 0.0782. The van der Waals surface area contributed by atoms with Crippen molar-refractivity contribution in [1.82, 2.24) is 4.90 Å². The minimum Gasteiger partial charge on any atom is -0.481 e. The van der Waals surface area contributed by atoms with Crippen LogP contribution in [0.15, 0.2) is 48.5 Å². The van der Waals surface area contributed by atoms with Crippen molar-refractivity contribution in [2.24, 2.45) is 0 Å². The fraction of sp³-hybridized carbons (Fsp3) is 0.300. The Morgan fingerprint density at radius 3 is 2.42 bits per heavy atom. The summed E-state index contributed by atoms with van der Waals surface area (Å²) in [5.74, 6) is -0.430. The molecule has 0 aromatic heterocycles. The van der Waals surface area contributed by atoms with Gasteiger partial charge in [-0.2, -0.15) is 0 Å². The Morgan fingerprint density at radius 2 is 1.73 bits per heavy atom. The zero-order valence-electron chi connectivity index (χ0n) is 14.6. The van der Waals surface area contributed by atoms with E-state index in [9.17, 15) is 14.0 Å². The van der Waals surface area contributed by atoms with Gasteiger partial charge in [-0.1, -0.05) is 12.1 Å². The molecule has 1 atom stereocenters. The maximum atomic E-state index is 12.9. The number of ether oxygens (including phenoxy) is 1. The molecule has 0 radical (unpaired) electrons. The molecule has 3 rings (SSSR count). The van der Waals surface area contributed by atoms with Gasteiger partial charge in [0.25, 0.3) is 11.8 Å². The lowest BCUT2D eigenvalue weighted by molar-refractivity contribution is -0.122. The molecule has 0 unspecified atom stereocenters. The Bertz CT molecular complexity index is 786. The number of amides is 2. The standard InChI is InChI=1S/C20H21FN2O3/c1-14(26-16-10-8-15(21)9-11-16)19(24)22-18-7-3-2-6-17(18)20(25)23-12-4-5-13-23/h2-3,6-11,14H,4-5,12-13H2,1H3,(H,22,24)/t14-/m0/s1. The molecule has 6 heteroatoms. The molecule has 1 saturated heterocycles. The number of likely N-dealkylation sites (tertiary alicyclic amines) is 1. The zero-order valence-corrected chi connectivity index (χ0v) is 14.6. The average molecular weight is 356 g/mol. The van der Waals surface area contributed by atoms with E-state index in [2.05, 4.69) is 5.32 Å². The van der Waals surface area contributed by atoms with E-state index in [1.54, 1.807) is 36.1 Å². The summed E-state index contributed by atoms with van der Waals surface area (Å²) in [7, 11) is 0. The molecule has 0 aliphatic carbocycles. The SMILES string of the molecule is C[C@H](Oc1ccc(F)cc1)C(=O)Nc1ccccc1C(=O)N1CCCC1. The van der Waals surface area contributed by atoms with Crippen LogP contribution in [0.3, 0.4) is 0 Å². The number of carbonyl (C=O) groups excluding carboxylic acids is 2. The summed E-state index contributed by atoms with van der Waals surface area (Å²) in [4.78, 5) is 26.9. The van der Waals surface area contributed by atoms with E-state index in [-0.39, 0.29) is 17.6 Å². The summed E-state index contributed by atoms with van der Waals surface area (Å²) in [6, 6.07) is 12.4. The molecule has 0 spiro atoms. The molecule has 136 valence electrons. The number of nitrogens with one attached hydrogen (secondary N) is 1. The molecular formula is C20H21FN2O3. The molecule has 1 heterocycles. The maximum Gasteiger partial charge on any atom is 0.265 e. The van der Waals surface area contributed by atoms with E-state index < -0.39 is 6.10 Å². The quantitative estimate of drug-likeness (QED) is 0.892. The van der Waals surface area contributed by atoms with Gasteiger partial charge in [0.15, 0.2) is 6.10 Å². The maximum absolute atomic E-state index is 12.9. The van der Waals surface area contributed by atoms with Crippen molar-refractivity contribution in [1.29, 1.82) is 0 Å². The lowest BCUT2D eigenvalue weighted by atomic mass is 10.1. The third-order valence-corrected chi connectivity index (χ3v) is 4.30. The second-order valence-corrected chi connectivity index (χ2v) is 6.25. The number of rotatable bonds is 5. The lowest BCUT2D eigenvalue weighted by Gasteiger charge is -2.19. The largest absolute Gasteiger partial charge is 0.481 e. The van der Waals surface area contributed by atoms with Crippen LogP contribution in [0, 0.1) is 5.82 Å². The summed E-state index contributed by atoms with van der Waals surface area (Å²) < 4.78 is 18.5. The second-order valence-electron chi connectivity index (χ2n) is 6.25. The molecule has 2 aromatic rings. The smallest absolute Gasteiger partial charge is 0.265 e. The Balaban J connectivity index is 1.68. The summed E-state index contributed by atoms with van der Waals surface area (Å²) in [5.41, 5.74) is 0.931. The molecule has 5 nitrogen and oxygen atoms in total. The number of carbonyl (C=O) groups is 2. The van der Waals surface area contributed by atoms with Gasteiger partial charge in [-0.05, 0) is 56.2 Å². The van der Waals surface area contributed by atoms with E-state index in [1.165, 1.54) is 24.3 Å². The molecule has 1 aliphatic heterocycles. The van der Waals surface area contributed by atoms with Crippen molar-refractivity contribution in [2.75, 3.05) is 18.4 Å². The van der Waals surface area contributed by atoms with Gasteiger partial charge >= 0.3 is 0 Å². The summed E-state index contributed by atoms with van der Waals surface area (Å²) in [6.45, 7) is 3.08. The van der Waals surface area contributed by atoms with E-state index >= 15 is 0 Å². The number of benzene rings is 2. The highest BCUT2D eigenvalue weighted by atomic mass is 19.1. The topological polar surface area (TPSA) is 58.6 Å². The molecular weight excluding hydrogens is 335 g/mol. The van der Waals surface area contributed by atoms with Crippen molar-refractivity contribution in [2.45, 2.75) is 25.9 Å². The normalized spacial score (nSPS) is 14.8. The van der Waals surface area contributed by atoms with Crippen molar-refractivity contribution in [3.05, 3.63) is 59.9 Å². The minimum atomic E-state index is -0.796. The Labute approximate surface area is 151 Å². The van der Waals surface area contributed by atoms with Gasteiger partial charge in [-0.3, -0.25) is 9.59 Å². The number of halogens is 1. The Kier molecular flexibility index (Phi) is 5.51. The van der Waals surface area contributed by atoms with Crippen LogP contribution in [0.1, 0.15) is 30.1 Å². The first-order valence-electron chi connectivity index (χ1n) is 8.66. The number of hydrogen-bond donors (Lipinski definition) is 1. The van der Waals surface area contributed by atoms with Gasteiger partial charge in [-0.15, -0.1) is 0 Å². The summed E-state index contributed by atoms with van der Waals surface area (Å²) in [5, 5.41) is 2.76. The fourth-order valence-corrected chi connectivity index (χ4v) is 2.87. The van der Waals surface area contributed by atoms with Gasteiger partial charge in [0.2, 0.25) is 0 Å². The molecule has 2 amide bonds. The predicted octanol–water partition coefficient (Wildman–Crippen LogP) is 3.47. The van der Waals surface area contributed by atoms with Crippen LogP contribution < -0.4 is 10.1 Å². The van der Waals surface area contributed by atoms with Gasteiger partial charge in [0, 0.05) is 13.1 Å². The predicted molar refractivity (Wildman–Crippen MR) is 96.7 cm³/mol. The van der Waals surface area contributed by atoms with Crippen LogP contribution >= 0.6 is 0 Å². The fourth-order valence-electron chi connectivity index (χ4n) is 2.87. The average Bonchev–Trinajstić information content (AvgIpc) is 3.18. The van der Waals surface area contributed by atoms with Crippen molar-refractivity contribution < 1.29 is 18.7 Å². The van der Waals surface area contributed by atoms with Gasteiger partial charge in [-0.25, -0.2) is 4.39 Å². The van der Waals surface area contributed by atoms with Crippen LogP contribution in [0.25, 0.3) is 0 Å². The van der Waals surface area contributed by atoms with Crippen LogP contribution in [0.2, 0.25) is 0 Å². The van der Waals surface area contributed by atoms with E-state index in [0.717, 1.165) is 25.9 Å². The van der Waals surface area contributed by atoms with Crippen LogP contribution in [-0.2, 0) is 4.79 Å². The molecule has 1 fully saturated rings. The molecule has 0 bridgehead atoms. The second kappa shape index (κ2) is 7.99. The summed E-state index contributed by atoms with van der Waals surface area (Å²) >= 11 is 0. The Hall–Kier alpha value is -2.89. The van der Waals surface area contributed by atoms with Crippen molar-refractivity contribution in [3.8, 4) is 5.75 Å². The summed E-state index contributed by atoms with van der Waals surface area (Å²) in [6.07, 6.45) is 1.21. The molecule has 1 aliphatic rings. The highest BCUT2D eigenvalue weighted by Gasteiger charge is 2.23. The van der Waals surface area contributed by atoms with E-state index in [1.807, 2.05) is 0 Å². The van der Waals surface area contributed by atoms with Crippen LogP contribution in [-0.4, -0.2) is 35.9 Å². The molecule has 1 N–H and O–H groups in total. The van der Waals surface area contributed by atoms with Crippen LogP contribution in [0.4, 0.5) is 10.1 Å². The Morgan fingerprint density at radius 1 is 1.08 bits per heavy atom. The van der Waals surface area contributed by atoms with Gasteiger partial charge in [0.1, 0.15) is 11.6 Å². The third kappa shape index (κ3) is 4.20. The first-order chi connectivity index (χ1) is 12.5. The zero-order chi connectivity index (χ0) is 18.5. The first-order valence-corrected chi connectivity index (χ1v) is 8.66. The number of para-hydroxylation sites is 1. The van der Waals surface area contributed by atoms with E-state index in [0.29, 0.717) is 17.0 Å². The van der Waals surface area contributed by atoms with Gasteiger partial charge < -0.3 is 15.0 Å². The number of nitrogens with zero attached hydrogens (tertiary/aromatic N) is 1. The third-order valence-electron chi connectivity index (χ3n) is 4.30. The van der Waals surface area contributed by atoms with Crippen LogP contribution in [0.5, 0.6) is 5.75 Å².